The maximum absolute atomic E-state index is 13.9. The number of methoxy groups -OCH3 is 1. The quantitative estimate of drug-likeness (QED) is 0.768. The van der Waals surface area contributed by atoms with Crippen LogP contribution in [0.3, 0.4) is 0 Å². The third-order valence-electron chi connectivity index (χ3n) is 4.54. The van der Waals surface area contributed by atoms with Gasteiger partial charge in [0.1, 0.15) is 10.4 Å². The van der Waals surface area contributed by atoms with E-state index in [-0.39, 0.29) is 5.82 Å². The van der Waals surface area contributed by atoms with Crippen LogP contribution in [0.4, 0.5) is 10.1 Å². The predicted molar refractivity (Wildman–Crippen MR) is 86.8 cm³/mol. The highest BCUT2D eigenvalue weighted by atomic mass is 79.9. The molecule has 3 nitrogen and oxygen atoms in total. The van der Waals surface area contributed by atoms with Crippen molar-refractivity contribution in [1.82, 2.24) is 4.98 Å². The molecule has 1 aromatic heterocycles. The van der Waals surface area contributed by atoms with Gasteiger partial charge in [-0.2, -0.15) is 0 Å². The highest BCUT2D eigenvalue weighted by molar-refractivity contribution is 9.10. The predicted octanol–water partition coefficient (Wildman–Crippen LogP) is 4.12. The van der Waals surface area contributed by atoms with Gasteiger partial charge in [-0.1, -0.05) is 12.1 Å². The molecule has 1 aromatic carbocycles. The van der Waals surface area contributed by atoms with Gasteiger partial charge in [0.15, 0.2) is 5.82 Å². The normalized spacial score (nSPS) is 22.0. The Bertz CT molecular complexity index is 719. The molecule has 0 spiro atoms. The Hall–Kier alpha value is -1.62. The van der Waals surface area contributed by atoms with Crippen molar-refractivity contribution in [2.75, 3.05) is 18.6 Å². The molecule has 2 heterocycles. The molecule has 1 aliphatic carbocycles. The molecule has 0 amide bonds. The summed E-state index contributed by atoms with van der Waals surface area (Å²) < 4.78 is 19.4. The smallest absolute Gasteiger partial charge is 0.158 e. The number of aromatic nitrogens is 1. The fourth-order valence-corrected chi connectivity index (χ4v) is 3.57. The van der Waals surface area contributed by atoms with Crippen LogP contribution in [0.1, 0.15) is 23.6 Å². The summed E-state index contributed by atoms with van der Waals surface area (Å²) >= 11 is 3.20. The van der Waals surface area contributed by atoms with E-state index >= 15 is 0 Å². The molecule has 0 saturated heterocycles. The maximum atomic E-state index is 13.9. The number of hydrogen-bond acceptors (Lipinski definition) is 3. The molecule has 0 unspecified atom stereocenters. The van der Waals surface area contributed by atoms with E-state index < -0.39 is 0 Å². The second-order valence-electron chi connectivity index (χ2n) is 6.00. The minimum Gasteiger partial charge on any atom is -0.497 e. The lowest BCUT2D eigenvalue weighted by molar-refractivity contribution is 0.414. The molecule has 0 bridgehead atoms. The van der Waals surface area contributed by atoms with Crippen LogP contribution in [-0.4, -0.2) is 18.6 Å². The van der Waals surface area contributed by atoms with Crippen LogP contribution in [0.25, 0.3) is 0 Å². The minimum absolute atomic E-state index is 0.294. The third kappa shape index (κ3) is 2.37. The van der Waals surface area contributed by atoms with Crippen LogP contribution in [0.5, 0.6) is 5.75 Å². The van der Waals surface area contributed by atoms with Gasteiger partial charge >= 0.3 is 0 Å². The summed E-state index contributed by atoms with van der Waals surface area (Å²) in [6.45, 7) is 1.75. The van der Waals surface area contributed by atoms with E-state index in [0.29, 0.717) is 16.4 Å². The first-order valence-electron chi connectivity index (χ1n) is 7.39. The number of ether oxygens (including phenoxy) is 1. The second-order valence-corrected chi connectivity index (χ2v) is 6.75. The molecule has 5 heteroatoms. The van der Waals surface area contributed by atoms with Crippen molar-refractivity contribution in [3.05, 3.63) is 52.0 Å². The zero-order valence-electron chi connectivity index (χ0n) is 12.2. The first-order chi connectivity index (χ1) is 10.7. The molecule has 0 radical (unpaired) electrons. The SMILES string of the molecule is COc1ccc(CN2C[C@@H]3C[C@@H]3c3nc(Br)c(F)cc32)cc1. The Kier molecular flexibility index (Phi) is 3.33. The van der Waals surface area contributed by atoms with E-state index in [2.05, 4.69) is 37.9 Å². The van der Waals surface area contributed by atoms with Gasteiger partial charge in [0.25, 0.3) is 0 Å². The molecule has 114 valence electrons. The molecular weight excluding hydrogens is 347 g/mol. The minimum atomic E-state index is -0.294. The zero-order chi connectivity index (χ0) is 15.3. The summed E-state index contributed by atoms with van der Waals surface area (Å²) in [4.78, 5) is 6.68. The Morgan fingerprint density at radius 3 is 2.86 bits per heavy atom. The number of benzene rings is 1. The van der Waals surface area contributed by atoms with E-state index in [9.17, 15) is 4.39 Å². The summed E-state index contributed by atoms with van der Waals surface area (Å²) in [6.07, 6.45) is 1.16. The lowest BCUT2D eigenvalue weighted by Crippen LogP contribution is -2.30. The summed E-state index contributed by atoms with van der Waals surface area (Å²) in [5.74, 6) is 1.73. The molecule has 1 aliphatic heterocycles. The molecular formula is C17H16BrFN2O. The number of nitrogens with zero attached hydrogens (tertiary/aromatic N) is 2. The molecule has 2 aliphatic rings. The second kappa shape index (κ2) is 5.23. The van der Waals surface area contributed by atoms with E-state index in [0.717, 1.165) is 36.6 Å². The number of hydrogen-bond donors (Lipinski definition) is 0. The van der Waals surface area contributed by atoms with Crippen molar-refractivity contribution >= 4 is 21.6 Å². The first-order valence-corrected chi connectivity index (χ1v) is 8.19. The molecule has 4 rings (SSSR count). The number of anilines is 1. The number of fused-ring (bicyclic) bond motifs is 3. The fourth-order valence-electron chi connectivity index (χ4n) is 3.26. The van der Waals surface area contributed by atoms with Crippen molar-refractivity contribution < 1.29 is 9.13 Å². The maximum Gasteiger partial charge on any atom is 0.158 e. The van der Waals surface area contributed by atoms with Gasteiger partial charge in [-0.15, -0.1) is 0 Å². The molecule has 1 fully saturated rings. The molecule has 0 N–H and O–H groups in total. The monoisotopic (exact) mass is 362 g/mol. The Labute approximate surface area is 137 Å². The van der Waals surface area contributed by atoms with E-state index in [4.69, 9.17) is 4.74 Å². The van der Waals surface area contributed by atoms with Crippen molar-refractivity contribution in [3.8, 4) is 5.75 Å². The average Bonchev–Trinajstić information content (AvgIpc) is 3.29. The van der Waals surface area contributed by atoms with Gasteiger partial charge < -0.3 is 9.64 Å². The highest BCUT2D eigenvalue weighted by Gasteiger charge is 2.46. The topological polar surface area (TPSA) is 25.4 Å². The standard InChI is InChI=1S/C17H16BrFN2O/c1-22-12-4-2-10(3-5-12)8-21-9-11-6-13(11)16-15(21)7-14(19)17(18)20-16/h2-5,7,11,13H,6,8-9H2,1H3/t11-,13-/m0/s1. The van der Waals surface area contributed by atoms with Gasteiger partial charge in [-0.3, -0.25) is 0 Å². The summed E-state index contributed by atoms with van der Waals surface area (Å²) in [7, 11) is 1.66. The van der Waals surface area contributed by atoms with E-state index in [1.807, 2.05) is 12.1 Å². The number of pyridine rings is 1. The number of halogens is 2. The Balaban J connectivity index is 1.64. The van der Waals surface area contributed by atoms with Crippen molar-refractivity contribution in [2.24, 2.45) is 5.92 Å². The van der Waals surface area contributed by atoms with Crippen LogP contribution >= 0.6 is 15.9 Å². The molecule has 2 atom stereocenters. The molecule has 22 heavy (non-hydrogen) atoms. The van der Waals surface area contributed by atoms with Crippen LogP contribution in [0.2, 0.25) is 0 Å². The fraction of sp³-hybridized carbons (Fsp3) is 0.353. The molecule has 2 aromatic rings. The Morgan fingerprint density at radius 2 is 2.14 bits per heavy atom. The van der Waals surface area contributed by atoms with E-state index in [1.165, 1.54) is 5.56 Å². The Morgan fingerprint density at radius 1 is 1.36 bits per heavy atom. The van der Waals surface area contributed by atoms with Gasteiger partial charge in [0.2, 0.25) is 0 Å². The van der Waals surface area contributed by atoms with Crippen molar-refractivity contribution in [3.63, 3.8) is 0 Å². The summed E-state index contributed by atoms with van der Waals surface area (Å²) in [6, 6.07) is 9.64. The van der Waals surface area contributed by atoms with Crippen LogP contribution < -0.4 is 9.64 Å². The lowest BCUT2D eigenvalue weighted by Gasteiger charge is -2.30. The van der Waals surface area contributed by atoms with Crippen LogP contribution in [-0.2, 0) is 6.54 Å². The first kappa shape index (κ1) is 14.0. The number of rotatable bonds is 3. The van der Waals surface area contributed by atoms with Crippen molar-refractivity contribution in [1.29, 1.82) is 0 Å². The summed E-state index contributed by atoms with van der Waals surface area (Å²) in [5.41, 5.74) is 3.17. The van der Waals surface area contributed by atoms with Gasteiger partial charge in [-0.25, -0.2) is 9.37 Å². The van der Waals surface area contributed by atoms with Crippen LogP contribution in [0.15, 0.2) is 34.9 Å². The third-order valence-corrected chi connectivity index (χ3v) is 5.10. The average molecular weight is 363 g/mol. The molecule has 1 saturated carbocycles. The lowest BCUT2D eigenvalue weighted by atomic mass is 10.1. The zero-order valence-corrected chi connectivity index (χ0v) is 13.8. The van der Waals surface area contributed by atoms with E-state index in [1.54, 1.807) is 13.2 Å². The highest BCUT2D eigenvalue weighted by Crippen LogP contribution is 2.54. The van der Waals surface area contributed by atoms with Crippen molar-refractivity contribution in [2.45, 2.75) is 18.9 Å². The largest absolute Gasteiger partial charge is 0.497 e. The summed E-state index contributed by atoms with van der Waals surface area (Å²) in [5, 5.41) is 0. The van der Waals surface area contributed by atoms with Gasteiger partial charge in [-0.05, 0) is 46.0 Å². The van der Waals surface area contributed by atoms with Crippen LogP contribution in [0, 0.1) is 11.7 Å². The van der Waals surface area contributed by atoms with Gasteiger partial charge in [0.05, 0.1) is 18.5 Å². The van der Waals surface area contributed by atoms with Gasteiger partial charge in [0, 0.05) is 25.1 Å².